The molecule has 1 unspecified atom stereocenters. The molecular formula is C25H27N5O3. The third-order valence-electron chi connectivity index (χ3n) is 6.15. The zero-order chi connectivity index (χ0) is 23.2. The number of para-hydroxylation sites is 1. The number of likely N-dealkylation sites (tertiary alicyclic amines) is 1. The van der Waals surface area contributed by atoms with Crippen LogP contribution in [-0.4, -0.2) is 47.8 Å². The quantitative estimate of drug-likeness (QED) is 0.631. The van der Waals surface area contributed by atoms with Crippen LogP contribution in [0.5, 0.6) is 0 Å². The Bertz CT molecular complexity index is 1070. The first-order valence-corrected chi connectivity index (χ1v) is 11.2. The smallest absolute Gasteiger partial charge is 0.254 e. The van der Waals surface area contributed by atoms with Gasteiger partial charge < -0.3 is 16.0 Å². The van der Waals surface area contributed by atoms with E-state index in [4.69, 9.17) is 5.26 Å². The number of carbonyl (C=O) groups is 3. The van der Waals surface area contributed by atoms with E-state index in [0.29, 0.717) is 16.8 Å². The summed E-state index contributed by atoms with van der Waals surface area (Å²) in [5, 5.41) is 17.5. The maximum absolute atomic E-state index is 12.5. The van der Waals surface area contributed by atoms with Gasteiger partial charge in [-0.3, -0.25) is 19.3 Å². The molecule has 2 heterocycles. The number of benzene rings is 2. The summed E-state index contributed by atoms with van der Waals surface area (Å²) in [6.07, 6.45) is 2.13. The first-order valence-electron chi connectivity index (χ1n) is 11.2. The highest BCUT2D eigenvalue weighted by Gasteiger charge is 2.28. The summed E-state index contributed by atoms with van der Waals surface area (Å²) in [5.74, 6) is -0.731. The Morgan fingerprint density at radius 3 is 2.55 bits per heavy atom. The lowest BCUT2D eigenvalue weighted by molar-refractivity contribution is -0.122. The highest BCUT2D eigenvalue weighted by molar-refractivity contribution is 6.09. The monoisotopic (exact) mass is 445 g/mol. The minimum Gasteiger partial charge on any atom is -0.353 e. The number of nitrogens with one attached hydrogen (secondary N) is 3. The van der Waals surface area contributed by atoms with Crippen LogP contribution in [0.4, 0.5) is 5.69 Å². The van der Waals surface area contributed by atoms with Crippen LogP contribution in [0, 0.1) is 11.3 Å². The van der Waals surface area contributed by atoms with Crippen LogP contribution in [0.3, 0.4) is 0 Å². The molecule has 1 fully saturated rings. The van der Waals surface area contributed by atoms with Gasteiger partial charge in [0.25, 0.3) is 5.91 Å². The molecule has 33 heavy (non-hydrogen) atoms. The Morgan fingerprint density at radius 1 is 1.09 bits per heavy atom. The molecule has 8 heteroatoms. The third-order valence-corrected chi connectivity index (χ3v) is 6.15. The van der Waals surface area contributed by atoms with Gasteiger partial charge in [-0.05, 0) is 49.1 Å². The second-order valence-electron chi connectivity index (χ2n) is 8.53. The topological polar surface area (TPSA) is 114 Å². The molecule has 3 N–H and O–H groups in total. The maximum atomic E-state index is 12.5. The molecule has 170 valence electrons. The molecule has 0 aliphatic carbocycles. The molecule has 0 radical (unpaired) electrons. The summed E-state index contributed by atoms with van der Waals surface area (Å²) in [6, 6.07) is 16.0. The Balaban J connectivity index is 1.20. The van der Waals surface area contributed by atoms with Crippen LogP contribution in [0.25, 0.3) is 0 Å². The van der Waals surface area contributed by atoms with Crippen molar-refractivity contribution >= 4 is 23.4 Å². The van der Waals surface area contributed by atoms with Crippen molar-refractivity contribution < 1.29 is 14.4 Å². The van der Waals surface area contributed by atoms with Crippen LogP contribution in [-0.2, 0) is 16.1 Å². The van der Waals surface area contributed by atoms with Crippen molar-refractivity contribution in [3.8, 4) is 6.07 Å². The predicted octanol–water partition coefficient (Wildman–Crippen LogP) is 2.17. The number of nitrogens with zero attached hydrogens (tertiary/aromatic N) is 2. The van der Waals surface area contributed by atoms with Gasteiger partial charge in [-0.2, -0.15) is 5.26 Å². The first-order chi connectivity index (χ1) is 16.0. The van der Waals surface area contributed by atoms with E-state index in [-0.39, 0.29) is 36.6 Å². The maximum Gasteiger partial charge on any atom is 0.254 e. The van der Waals surface area contributed by atoms with Crippen molar-refractivity contribution in [2.24, 2.45) is 0 Å². The first kappa shape index (κ1) is 22.5. The van der Waals surface area contributed by atoms with E-state index < -0.39 is 6.04 Å². The molecule has 2 aliphatic heterocycles. The van der Waals surface area contributed by atoms with Crippen LogP contribution >= 0.6 is 0 Å². The van der Waals surface area contributed by atoms with Crippen molar-refractivity contribution in [1.82, 2.24) is 15.5 Å². The zero-order valence-electron chi connectivity index (χ0n) is 18.3. The lowest BCUT2D eigenvalue weighted by Crippen LogP contribution is -2.45. The van der Waals surface area contributed by atoms with Crippen molar-refractivity contribution in [1.29, 1.82) is 5.26 Å². The van der Waals surface area contributed by atoms with E-state index in [2.05, 4.69) is 26.9 Å². The zero-order valence-corrected chi connectivity index (χ0v) is 18.3. The standard InChI is InChI=1S/C25H27N5O3/c26-15-17-5-7-18(8-6-17)16-30-13-11-19(12-14-30)27-23(31)10-9-22-25(33)28-21-4-2-1-3-20(21)24(32)29-22/h1-8,19,22H,9-14,16H2,(H,27,31)(H,28,33)(H,29,32). The average Bonchev–Trinajstić information content (AvgIpc) is 2.95. The normalized spacial score (nSPS) is 18.9. The summed E-state index contributed by atoms with van der Waals surface area (Å²) < 4.78 is 0. The Kier molecular flexibility index (Phi) is 7.01. The molecule has 0 spiro atoms. The Hall–Kier alpha value is -3.70. The Labute approximate surface area is 193 Å². The molecule has 0 aromatic heterocycles. The van der Waals surface area contributed by atoms with Crippen LogP contribution in [0.2, 0.25) is 0 Å². The van der Waals surface area contributed by atoms with Gasteiger partial charge in [-0.1, -0.05) is 24.3 Å². The van der Waals surface area contributed by atoms with Crippen LogP contribution in [0.15, 0.2) is 48.5 Å². The van der Waals surface area contributed by atoms with E-state index in [1.54, 1.807) is 24.3 Å². The molecule has 2 aliphatic rings. The van der Waals surface area contributed by atoms with Gasteiger partial charge in [0.15, 0.2) is 0 Å². The van der Waals surface area contributed by atoms with Gasteiger partial charge in [0.2, 0.25) is 11.8 Å². The SMILES string of the molecule is N#Cc1ccc(CN2CCC(NC(=O)CCC3NC(=O)c4ccccc4NC3=O)CC2)cc1. The number of anilines is 1. The number of carbonyl (C=O) groups excluding carboxylic acids is 3. The summed E-state index contributed by atoms with van der Waals surface area (Å²) in [6.45, 7) is 2.58. The lowest BCUT2D eigenvalue weighted by atomic mass is 10.0. The molecule has 2 aromatic rings. The third kappa shape index (κ3) is 5.76. The van der Waals surface area contributed by atoms with E-state index in [0.717, 1.165) is 32.5 Å². The lowest BCUT2D eigenvalue weighted by Gasteiger charge is -2.32. The van der Waals surface area contributed by atoms with Gasteiger partial charge in [-0.25, -0.2) is 0 Å². The number of hydrogen-bond acceptors (Lipinski definition) is 5. The predicted molar refractivity (Wildman–Crippen MR) is 123 cm³/mol. The minimum absolute atomic E-state index is 0.107. The fourth-order valence-electron chi connectivity index (χ4n) is 4.27. The van der Waals surface area contributed by atoms with E-state index in [1.165, 1.54) is 5.56 Å². The van der Waals surface area contributed by atoms with Crippen molar-refractivity contribution in [3.05, 3.63) is 65.2 Å². The number of nitriles is 1. The van der Waals surface area contributed by atoms with E-state index in [1.807, 2.05) is 24.3 Å². The average molecular weight is 446 g/mol. The highest BCUT2D eigenvalue weighted by Crippen LogP contribution is 2.19. The number of piperidine rings is 1. The molecular weight excluding hydrogens is 418 g/mol. The number of rotatable bonds is 6. The van der Waals surface area contributed by atoms with Gasteiger partial charge in [-0.15, -0.1) is 0 Å². The van der Waals surface area contributed by atoms with Crippen LogP contribution in [0.1, 0.15) is 47.2 Å². The molecule has 8 nitrogen and oxygen atoms in total. The fourth-order valence-corrected chi connectivity index (χ4v) is 4.27. The molecule has 0 saturated carbocycles. The number of amides is 3. The largest absolute Gasteiger partial charge is 0.353 e. The number of fused-ring (bicyclic) bond motifs is 1. The summed E-state index contributed by atoms with van der Waals surface area (Å²) in [4.78, 5) is 39.7. The Morgan fingerprint density at radius 2 is 1.82 bits per heavy atom. The minimum atomic E-state index is -0.745. The molecule has 1 saturated heterocycles. The van der Waals surface area contributed by atoms with Crippen LogP contribution < -0.4 is 16.0 Å². The summed E-state index contributed by atoms with van der Waals surface area (Å²) in [7, 11) is 0. The van der Waals surface area contributed by atoms with Gasteiger partial charge in [0.1, 0.15) is 6.04 Å². The van der Waals surface area contributed by atoms with Crippen molar-refractivity contribution in [2.45, 2.75) is 44.3 Å². The van der Waals surface area contributed by atoms with Crippen molar-refractivity contribution in [2.75, 3.05) is 18.4 Å². The highest BCUT2D eigenvalue weighted by atomic mass is 16.2. The van der Waals surface area contributed by atoms with Gasteiger partial charge in [0.05, 0.1) is 22.9 Å². The summed E-state index contributed by atoms with van der Waals surface area (Å²) >= 11 is 0. The molecule has 1 atom stereocenters. The fraction of sp³-hybridized carbons (Fsp3) is 0.360. The van der Waals surface area contributed by atoms with Gasteiger partial charge >= 0.3 is 0 Å². The second-order valence-corrected chi connectivity index (χ2v) is 8.53. The van der Waals surface area contributed by atoms with E-state index >= 15 is 0 Å². The number of hydrogen-bond donors (Lipinski definition) is 3. The second kappa shape index (κ2) is 10.3. The van der Waals surface area contributed by atoms with E-state index in [9.17, 15) is 14.4 Å². The van der Waals surface area contributed by atoms with Crippen molar-refractivity contribution in [3.63, 3.8) is 0 Å². The van der Waals surface area contributed by atoms with Gasteiger partial charge in [0, 0.05) is 32.1 Å². The molecule has 0 bridgehead atoms. The molecule has 4 rings (SSSR count). The molecule has 2 aromatic carbocycles. The molecule has 3 amide bonds. The summed E-state index contributed by atoms with van der Waals surface area (Å²) in [5.41, 5.74) is 2.73.